The lowest BCUT2D eigenvalue weighted by Gasteiger charge is -2.05. The summed E-state index contributed by atoms with van der Waals surface area (Å²) in [6.07, 6.45) is 1.82. The molecule has 1 aromatic carbocycles. The van der Waals surface area contributed by atoms with Gasteiger partial charge in [-0.3, -0.25) is 4.79 Å². The Hall–Kier alpha value is -2.41. The number of carbonyl (C=O) groups is 1. The quantitative estimate of drug-likeness (QED) is 0.796. The molecule has 2 heterocycles. The Kier molecular flexibility index (Phi) is 2.90. The van der Waals surface area contributed by atoms with Crippen LogP contribution in [0.5, 0.6) is 11.5 Å². The molecule has 0 aliphatic carbocycles. The van der Waals surface area contributed by atoms with E-state index in [1.165, 1.54) is 36.5 Å². The molecule has 6 nitrogen and oxygen atoms in total. The molecule has 0 spiro atoms. The standard InChI is InChI=1S/C13H9NO5S/c15-7-9-1-4-13(14-6-9)20(16,17)10-2-3-11-12(5-10)19-8-18-11/h1-7H,8H2. The first kappa shape index (κ1) is 12.6. The van der Waals surface area contributed by atoms with Crippen LogP contribution in [0.4, 0.5) is 0 Å². The average Bonchev–Trinajstić information content (AvgIpc) is 2.94. The smallest absolute Gasteiger partial charge is 0.231 e. The van der Waals surface area contributed by atoms with Gasteiger partial charge in [0.25, 0.3) is 0 Å². The summed E-state index contributed by atoms with van der Waals surface area (Å²) in [7, 11) is -3.75. The Morgan fingerprint density at radius 1 is 1.10 bits per heavy atom. The molecule has 0 fully saturated rings. The van der Waals surface area contributed by atoms with Crippen molar-refractivity contribution >= 4 is 16.1 Å². The number of pyridine rings is 1. The van der Waals surface area contributed by atoms with E-state index >= 15 is 0 Å². The third-order valence-electron chi connectivity index (χ3n) is 2.82. The summed E-state index contributed by atoms with van der Waals surface area (Å²) in [6.45, 7) is 0.0745. The molecule has 0 saturated carbocycles. The lowest BCUT2D eigenvalue weighted by molar-refractivity contribution is 0.112. The predicted octanol–water partition coefficient (Wildman–Crippen LogP) is 1.46. The number of fused-ring (bicyclic) bond motifs is 1. The Morgan fingerprint density at radius 3 is 2.60 bits per heavy atom. The Morgan fingerprint density at radius 2 is 1.90 bits per heavy atom. The molecule has 7 heteroatoms. The van der Waals surface area contributed by atoms with Crippen LogP contribution in [0, 0.1) is 0 Å². The van der Waals surface area contributed by atoms with Gasteiger partial charge in [0.15, 0.2) is 22.8 Å². The second kappa shape index (κ2) is 4.61. The topological polar surface area (TPSA) is 82.6 Å². The van der Waals surface area contributed by atoms with E-state index in [9.17, 15) is 13.2 Å². The van der Waals surface area contributed by atoms with Crippen molar-refractivity contribution in [2.45, 2.75) is 9.92 Å². The van der Waals surface area contributed by atoms with E-state index in [0.29, 0.717) is 23.3 Å². The summed E-state index contributed by atoms with van der Waals surface area (Å²) in [5, 5.41) is -0.123. The lowest BCUT2D eigenvalue weighted by atomic mass is 10.3. The van der Waals surface area contributed by atoms with Crippen molar-refractivity contribution in [2.24, 2.45) is 0 Å². The van der Waals surface area contributed by atoms with Gasteiger partial charge in [0.05, 0.1) is 4.90 Å². The van der Waals surface area contributed by atoms with Gasteiger partial charge < -0.3 is 9.47 Å². The van der Waals surface area contributed by atoms with E-state index in [-0.39, 0.29) is 16.7 Å². The maximum absolute atomic E-state index is 12.4. The van der Waals surface area contributed by atoms with E-state index < -0.39 is 9.84 Å². The normalized spacial score (nSPS) is 13.2. The van der Waals surface area contributed by atoms with Crippen molar-refractivity contribution in [3.63, 3.8) is 0 Å². The summed E-state index contributed by atoms with van der Waals surface area (Å²) >= 11 is 0. The zero-order chi connectivity index (χ0) is 14.2. The van der Waals surface area contributed by atoms with Crippen molar-refractivity contribution in [1.29, 1.82) is 0 Å². The zero-order valence-electron chi connectivity index (χ0n) is 10.1. The first-order valence-electron chi connectivity index (χ1n) is 5.67. The molecule has 1 aromatic heterocycles. The van der Waals surface area contributed by atoms with Gasteiger partial charge in [-0.25, -0.2) is 13.4 Å². The summed E-state index contributed by atoms with van der Waals surface area (Å²) in [6, 6.07) is 7.06. The number of aromatic nitrogens is 1. The molecule has 1 aliphatic heterocycles. The first-order valence-corrected chi connectivity index (χ1v) is 7.15. The van der Waals surface area contributed by atoms with Crippen LogP contribution in [0.3, 0.4) is 0 Å². The summed E-state index contributed by atoms with van der Waals surface area (Å²) in [5.74, 6) is 0.892. The molecular weight excluding hydrogens is 282 g/mol. The molecule has 0 bridgehead atoms. The zero-order valence-corrected chi connectivity index (χ0v) is 11.0. The van der Waals surface area contributed by atoms with Crippen LogP contribution in [0.2, 0.25) is 0 Å². The second-order valence-corrected chi connectivity index (χ2v) is 5.96. The van der Waals surface area contributed by atoms with Crippen LogP contribution in [-0.2, 0) is 9.84 Å². The van der Waals surface area contributed by atoms with Gasteiger partial charge in [-0.1, -0.05) is 0 Å². The fourth-order valence-electron chi connectivity index (χ4n) is 1.79. The summed E-state index contributed by atoms with van der Waals surface area (Å²) in [4.78, 5) is 14.4. The highest BCUT2D eigenvalue weighted by molar-refractivity contribution is 7.91. The van der Waals surface area contributed by atoms with Crippen molar-refractivity contribution in [3.05, 3.63) is 42.1 Å². The molecule has 0 atom stereocenters. The maximum atomic E-state index is 12.4. The fourth-order valence-corrected chi connectivity index (χ4v) is 2.97. The number of rotatable bonds is 3. The van der Waals surface area contributed by atoms with Gasteiger partial charge in [-0.05, 0) is 24.3 Å². The third-order valence-corrected chi connectivity index (χ3v) is 4.49. The van der Waals surface area contributed by atoms with Crippen LogP contribution in [0.25, 0.3) is 0 Å². The highest BCUT2D eigenvalue weighted by atomic mass is 32.2. The van der Waals surface area contributed by atoms with Gasteiger partial charge in [-0.15, -0.1) is 0 Å². The highest BCUT2D eigenvalue weighted by Gasteiger charge is 2.23. The Balaban J connectivity index is 2.04. The Labute approximate surface area is 114 Å². The number of hydrogen-bond acceptors (Lipinski definition) is 6. The fraction of sp³-hybridized carbons (Fsp3) is 0.0769. The molecule has 2 aromatic rings. The second-order valence-electron chi connectivity index (χ2n) is 4.07. The third kappa shape index (κ3) is 2.01. The number of aldehydes is 1. The van der Waals surface area contributed by atoms with E-state index in [4.69, 9.17) is 9.47 Å². The monoisotopic (exact) mass is 291 g/mol. The molecule has 3 rings (SSSR count). The molecule has 1 aliphatic rings. The van der Waals surface area contributed by atoms with Gasteiger partial charge in [0, 0.05) is 17.8 Å². The molecule has 0 radical (unpaired) electrons. The van der Waals surface area contributed by atoms with Gasteiger partial charge in [-0.2, -0.15) is 0 Å². The maximum Gasteiger partial charge on any atom is 0.231 e. The SMILES string of the molecule is O=Cc1ccc(S(=O)(=O)c2ccc3c(c2)OCO3)nc1. The predicted molar refractivity (Wildman–Crippen MR) is 67.6 cm³/mol. The van der Waals surface area contributed by atoms with E-state index in [1.807, 2.05) is 0 Å². The first-order chi connectivity index (χ1) is 9.61. The van der Waals surface area contributed by atoms with Crippen LogP contribution in [0.15, 0.2) is 46.5 Å². The average molecular weight is 291 g/mol. The lowest BCUT2D eigenvalue weighted by Crippen LogP contribution is -2.04. The Bertz CT molecular complexity index is 768. The number of sulfone groups is 1. The van der Waals surface area contributed by atoms with Crippen molar-refractivity contribution in [3.8, 4) is 11.5 Å². The van der Waals surface area contributed by atoms with Crippen LogP contribution < -0.4 is 9.47 Å². The molecule has 20 heavy (non-hydrogen) atoms. The van der Waals surface area contributed by atoms with Crippen molar-refractivity contribution in [1.82, 2.24) is 4.98 Å². The minimum Gasteiger partial charge on any atom is -0.454 e. The van der Waals surface area contributed by atoms with Crippen LogP contribution in [0.1, 0.15) is 10.4 Å². The number of carbonyl (C=O) groups excluding carboxylic acids is 1. The molecule has 0 N–H and O–H groups in total. The molecule has 0 amide bonds. The van der Waals surface area contributed by atoms with Crippen LogP contribution in [-0.4, -0.2) is 26.5 Å². The number of ether oxygens (including phenoxy) is 2. The molecule has 0 saturated heterocycles. The van der Waals surface area contributed by atoms with E-state index in [0.717, 1.165) is 0 Å². The van der Waals surface area contributed by atoms with Crippen molar-refractivity contribution < 1.29 is 22.7 Å². The minimum absolute atomic E-state index is 0.0631. The molecular formula is C13H9NO5S. The summed E-state index contributed by atoms with van der Waals surface area (Å²) < 4.78 is 35.1. The molecule has 0 unspecified atom stereocenters. The minimum atomic E-state index is -3.75. The van der Waals surface area contributed by atoms with E-state index in [2.05, 4.69) is 4.98 Å². The van der Waals surface area contributed by atoms with Crippen molar-refractivity contribution in [2.75, 3.05) is 6.79 Å². The summed E-state index contributed by atoms with van der Waals surface area (Å²) in [5.41, 5.74) is 0.314. The largest absolute Gasteiger partial charge is 0.454 e. The van der Waals surface area contributed by atoms with Gasteiger partial charge in [0.2, 0.25) is 16.6 Å². The number of hydrogen-bond donors (Lipinski definition) is 0. The van der Waals surface area contributed by atoms with E-state index in [1.54, 1.807) is 0 Å². The highest BCUT2D eigenvalue weighted by Crippen LogP contribution is 2.35. The van der Waals surface area contributed by atoms with Crippen LogP contribution >= 0.6 is 0 Å². The number of nitrogens with zero attached hydrogens (tertiary/aromatic N) is 1. The number of benzene rings is 1. The molecule has 102 valence electrons. The van der Waals surface area contributed by atoms with Gasteiger partial charge >= 0.3 is 0 Å². The van der Waals surface area contributed by atoms with Gasteiger partial charge in [0.1, 0.15) is 0 Å².